The van der Waals surface area contributed by atoms with E-state index in [-0.39, 0.29) is 4.70 Å². The molecule has 1 aromatic carbocycles. The molecule has 0 nitrogen and oxygen atoms in total. The quantitative estimate of drug-likeness (QED) is 0.606. The summed E-state index contributed by atoms with van der Waals surface area (Å²) in [6.07, 6.45) is -9.64. The van der Waals surface area contributed by atoms with Crippen molar-refractivity contribution in [2.75, 3.05) is 0 Å². The fourth-order valence-corrected chi connectivity index (χ4v) is 2.36. The Morgan fingerprint density at radius 1 is 0.941 bits per heavy atom. The Kier molecular flexibility index (Phi) is 2.61. The minimum atomic E-state index is -4.83. The standard InChI is InChI=1S/C10H3F6S/c11-9(12,13)5-2-1-3-7-8(5)6(4-17-7)10(14,15)16/h1-3H. The predicted octanol–water partition coefficient (Wildman–Crippen LogP) is 4.74. The predicted molar refractivity (Wildman–Crippen MR) is 50.7 cm³/mol. The zero-order valence-electron chi connectivity index (χ0n) is 7.91. The van der Waals surface area contributed by atoms with Gasteiger partial charge in [0, 0.05) is 10.1 Å². The third kappa shape index (κ3) is 2.11. The van der Waals surface area contributed by atoms with Crippen LogP contribution in [-0.2, 0) is 12.4 Å². The van der Waals surface area contributed by atoms with E-state index in [4.69, 9.17) is 0 Å². The molecule has 1 radical (unpaired) electrons. The lowest BCUT2D eigenvalue weighted by Crippen LogP contribution is -2.09. The normalized spacial score (nSPS) is 13.3. The Bertz CT molecular complexity index is 548. The Morgan fingerprint density at radius 3 is 2.12 bits per heavy atom. The molecule has 1 heterocycles. The van der Waals surface area contributed by atoms with Crippen LogP contribution in [0, 0.1) is 5.38 Å². The molecule has 0 saturated heterocycles. The number of alkyl halides is 6. The molecule has 0 aliphatic rings. The molecule has 0 atom stereocenters. The summed E-state index contributed by atoms with van der Waals surface area (Å²) in [6.45, 7) is 0. The zero-order valence-corrected chi connectivity index (χ0v) is 8.72. The van der Waals surface area contributed by atoms with Gasteiger partial charge in [-0.15, -0.1) is 11.3 Å². The van der Waals surface area contributed by atoms with Crippen LogP contribution in [-0.4, -0.2) is 0 Å². The highest BCUT2D eigenvalue weighted by molar-refractivity contribution is 7.17. The van der Waals surface area contributed by atoms with Gasteiger partial charge in [0.25, 0.3) is 0 Å². The minimum absolute atomic E-state index is 0.0767. The molecule has 1 aromatic heterocycles. The molecule has 2 rings (SSSR count). The van der Waals surface area contributed by atoms with Crippen molar-refractivity contribution in [3.05, 3.63) is 34.7 Å². The van der Waals surface area contributed by atoms with Gasteiger partial charge in [0.15, 0.2) is 0 Å². The van der Waals surface area contributed by atoms with Crippen LogP contribution in [0.15, 0.2) is 18.2 Å². The van der Waals surface area contributed by atoms with E-state index in [0.29, 0.717) is 17.4 Å². The van der Waals surface area contributed by atoms with Crippen LogP contribution in [0.1, 0.15) is 11.1 Å². The molecule has 0 bridgehead atoms. The van der Waals surface area contributed by atoms with Crippen molar-refractivity contribution in [2.45, 2.75) is 12.4 Å². The minimum Gasteiger partial charge on any atom is -0.166 e. The second-order valence-electron chi connectivity index (χ2n) is 3.25. The van der Waals surface area contributed by atoms with Crippen molar-refractivity contribution in [3.63, 3.8) is 0 Å². The summed E-state index contributed by atoms with van der Waals surface area (Å²) in [5, 5.41) is 1.06. The maximum atomic E-state index is 12.6. The number of hydrogen-bond acceptors (Lipinski definition) is 1. The Morgan fingerprint density at radius 2 is 1.59 bits per heavy atom. The first-order chi connectivity index (χ1) is 7.71. The van der Waals surface area contributed by atoms with Crippen molar-refractivity contribution < 1.29 is 26.3 Å². The first-order valence-electron chi connectivity index (χ1n) is 4.29. The number of fused-ring (bicyclic) bond motifs is 1. The van der Waals surface area contributed by atoms with Crippen molar-refractivity contribution in [1.29, 1.82) is 0 Å². The molecule has 0 amide bonds. The van der Waals surface area contributed by atoms with Gasteiger partial charge in [-0.25, -0.2) is 0 Å². The number of benzene rings is 1. The number of thiophene rings is 1. The maximum absolute atomic E-state index is 12.6. The summed E-state index contributed by atoms with van der Waals surface area (Å²) >= 11 is 0.526. The topological polar surface area (TPSA) is 0 Å². The molecule has 0 aliphatic heterocycles. The Balaban J connectivity index is 2.82. The lowest BCUT2D eigenvalue weighted by atomic mass is 10.1. The van der Waals surface area contributed by atoms with Gasteiger partial charge in [0.1, 0.15) is 0 Å². The van der Waals surface area contributed by atoms with Gasteiger partial charge in [-0.1, -0.05) is 6.07 Å². The van der Waals surface area contributed by atoms with Gasteiger partial charge < -0.3 is 0 Å². The smallest absolute Gasteiger partial charge is 0.166 e. The number of hydrogen-bond donors (Lipinski definition) is 0. The molecule has 0 N–H and O–H groups in total. The lowest BCUT2D eigenvalue weighted by Gasteiger charge is -2.11. The van der Waals surface area contributed by atoms with E-state index >= 15 is 0 Å². The largest absolute Gasteiger partial charge is 0.418 e. The third-order valence-corrected chi connectivity index (χ3v) is 2.99. The molecule has 7 heteroatoms. The molecule has 0 saturated carbocycles. The molecule has 91 valence electrons. The Hall–Kier alpha value is -1.24. The molecule has 0 spiro atoms. The molecular formula is C10H3F6S. The van der Waals surface area contributed by atoms with Gasteiger partial charge in [0.2, 0.25) is 0 Å². The van der Waals surface area contributed by atoms with Crippen LogP contribution in [0.2, 0.25) is 0 Å². The van der Waals surface area contributed by atoms with E-state index in [2.05, 4.69) is 0 Å². The molecule has 0 aliphatic carbocycles. The summed E-state index contributed by atoms with van der Waals surface area (Å²) < 4.78 is 75.3. The van der Waals surface area contributed by atoms with Gasteiger partial charge in [-0.2, -0.15) is 26.3 Å². The maximum Gasteiger partial charge on any atom is 0.418 e. The average molecular weight is 269 g/mol. The van der Waals surface area contributed by atoms with Crippen LogP contribution in [0.25, 0.3) is 10.1 Å². The second-order valence-corrected chi connectivity index (χ2v) is 4.10. The average Bonchev–Trinajstić information content (AvgIpc) is 2.57. The van der Waals surface area contributed by atoms with Crippen LogP contribution in [0.3, 0.4) is 0 Å². The van der Waals surface area contributed by atoms with Crippen molar-refractivity contribution in [3.8, 4) is 0 Å². The summed E-state index contributed by atoms with van der Waals surface area (Å²) in [5.41, 5.74) is -2.63. The molecule has 0 unspecified atom stereocenters. The Labute approximate surface area is 95.5 Å². The van der Waals surface area contributed by atoms with Crippen molar-refractivity contribution in [1.82, 2.24) is 0 Å². The SMILES string of the molecule is FC(F)(F)c1[c]sc2cccc(C(F)(F)F)c12. The van der Waals surface area contributed by atoms with E-state index < -0.39 is 28.9 Å². The summed E-state index contributed by atoms with van der Waals surface area (Å²) in [4.78, 5) is 0. The third-order valence-electron chi connectivity index (χ3n) is 2.13. The van der Waals surface area contributed by atoms with Crippen LogP contribution in [0.5, 0.6) is 0 Å². The highest BCUT2D eigenvalue weighted by Gasteiger charge is 2.40. The fraction of sp³-hybridized carbons (Fsp3) is 0.200. The second kappa shape index (κ2) is 3.63. The van der Waals surface area contributed by atoms with E-state index in [9.17, 15) is 26.3 Å². The highest BCUT2D eigenvalue weighted by atomic mass is 32.1. The van der Waals surface area contributed by atoms with Gasteiger partial charge in [-0.3, -0.25) is 0 Å². The number of halogens is 6. The van der Waals surface area contributed by atoms with Gasteiger partial charge in [0.05, 0.1) is 16.5 Å². The van der Waals surface area contributed by atoms with E-state index in [1.807, 2.05) is 5.38 Å². The van der Waals surface area contributed by atoms with Crippen LogP contribution < -0.4 is 0 Å². The zero-order chi connectivity index (χ0) is 12.8. The molecular weight excluding hydrogens is 266 g/mol. The van der Waals surface area contributed by atoms with Crippen molar-refractivity contribution >= 4 is 21.4 Å². The van der Waals surface area contributed by atoms with Gasteiger partial charge in [-0.05, 0) is 12.1 Å². The highest BCUT2D eigenvalue weighted by Crippen LogP contribution is 2.43. The first kappa shape index (κ1) is 12.2. The lowest BCUT2D eigenvalue weighted by molar-refractivity contribution is -0.140. The van der Waals surface area contributed by atoms with Crippen LogP contribution >= 0.6 is 11.3 Å². The van der Waals surface area contributed by atoms with Crippen LogP contribution in [0.4, 0.5) is 26.3 Å². The van der Waals surface area contributed by atoms with E-state index in [0.717, 1.165) is 6.07 Å². The molecule has 0 fully saturated rings. The summed E-state index contributed by atoms with van der Waals surface area (Å²) in [7, 11) is 0. The first-order valence-corrected chi connectivity index (χ1v) is 5.10. The van der Waals surface area contributed by atoms with E-state index in [1.54, 1.807) is 0 Å². The summed E-state index contributed by atoms with van der Waals surface area (Å²) in [5.74, 6) is 0. The summed E-state index contributed by atoms with van der Waals surface area (Å²) in [6, 6.07) is 2.93. The van der Waals surface area contributed by atoms with E-state index in [1.165, 1.54) is 6.07 Å². The van der Waals surface area contributed by atoms with Gasteiger partial charge >= 0.3 is 12.4 Å². The fourth-order valence-electron chi connectivity index (χ4n) is 1.47. The molecule has 17 heavy (non-hydrogen) atoms. The van der Waals surface area contributed by atoms with Crippen molar-refractivity contribution in [2.24, 2.45) is 0 Å². The molecule has 2 aromatic rings. The monoisotopic (exact) mass is 269 g/mol. The number of rotatable bonds is 0.